The number of carbonyl (C=O) groups is 3. The molecule has 5 nitrogen and oxygen atoms in total. The molecule has 0 unspecified atom stereocenters. The molecule has 30 heavy (non-hydrogen) atoms. The van der Waals surface area contributed by atoms with Gasteiger partial charge in [-0.2, -0.15) is 11.6 Å². The van der Waals surface area contributed by atoms with Crippen molar-refractivity contribution in [3.05, 3.63) is 41.9 Å². The van der Waals surface area contributed by atoms with Crippen LogP contribution in [0, 0.1) is 34.5 Å². The van der Waals surface area contributed by atoms with Crippen molar-refractivity contribution in [2.45, 2.75) is 53.1 Å². The van der Waals surface area contributed by atoms with Crippen molar-refractivity contribution >= 4 is 17.5 Å². The van der Waals surface area contributed by atoms with Gasteiger partial charge in [-0.25, -0.2) is 6.42 Å². The summed E-state index contributed by atoms with van der Waals surface area (Å²) in [4.78, 5) is 35.9. The number of allylic oxidation sites excluding steroid dienone is 5. The smallest absolute Gasteiger partial charge is 0.303 e. The summed E-state index contributed by atoms with van der Waals surface area (Å²) < 4.78 is 4.94. The summed E-state index contributed by atoms with van der Waals surface area (Å²) in [5.41, 5.74) is 0.376. The first-order chi connectivity index (χ1) is 13.5. The van der Waals surface area contributed by atoms with Crippen LogP contribution in [0.4, 0.5) is 0 Å². The van der Waals surface area contributed by atoms with Gasteiger partial charge in [0.1, 0.15) is 0 Å². The molecule has 6 heteroatoms. The normalized spacial score (nSPS) is 41.2. The molecule has 159 valence electrons. The van der Waals surface area contributed by atoms with Crippen LogP contribution in [0.15, 0.2) is 35.5 Å². The predicted molar refractivity (Wildman–Crippen MR) is 107 cm³/mol. The molecule has 0 aromatic rings. The standard InChI is InChI=1S/C24H29O5.Y/c1-14(25)29-13-20(27)19-8-7-17-18-6-5-15-11-16(26)9-10-23(15,3)24(18,4)21(28)12-22(17,19)2;/h5,8-11,17-18,21,28H,6-7,12-13H2,1-4H3;/q-1;/t17-,18-,21-,22-,23-,24+;/m0./s1. The average Bonchev–Trinajstić information content (AvgIpc) is 2.98. The van der Waals surface area contributed by atoms with Gasteiger partial charge in [0.25, 0.3) is 0 Å². The molecule has 0 amide bonds. The maximum Gasteiger partial charge on any atom is 0.303 e. The van der Waals surface area contributed by atoms with E-state index in [0.29, 0.717) is 12.0 Å². The van der Waals surface area contributed by atoms with Crippen LogP contribution in [0.2, 0.25) is 0 Å². The molecule has 4 rings (SSSR count). The first-order valence-corrected chi connectivity index (χ1v) is 10.4. The summed E-state index contributed by atoms with van der Waals surface area (Å²) in [6, 6.07) is 0. The Bertz CT molecular complexity index is 886. The Morgan fingerprint density at radius 2 is 1.97 bits per heavy atom. The molecule has 0 saturated heterocycles. The number of rotatable bonds is 3. The first-order valence-electron chi connectivity index (χ1n) is 10.4. The summed E-state index contributed by atoms with van der Waals surface area (Å²) >= 11 is 0. The van der Waals surface area contributed by atoms with E-state index in [1.54, 1.807) is 12.2 Å². The Labute approximate surface area is 203 Å². The number of aliphatic hydroxyl groups excluding tert-OH is 1. The Morgan fingerprint density at radius 1 is 1.27 bits per heavy atom. The van der Waals surface area contributed by atoms with Crippen LogP contribution in [-0.4, -0.2) is 35.4 Å². The third-order valence-corrected chi connectivity index (χ3v) is 8.47. The van der Waals surface area contributed by atoms with Gasteiger partial charge in [-0.1, -0.05) is 39.3 Å². The number of hydrogen-bond donors (Lipinski definition) is 1. The average molecular weight is 486 g/mol. The van der Waals surface area contributed by atoms with E-state index in [4.69, 9.17) is 4.74 Å². The third kappa shape index (κ3) is 3.15. The molecule has 0 heterocycles. The summed E-state index contributed by atoms with van der Waals surface area (Å²) in [6.07, 6.45) is 10.8. The van der Waals surface area contributed by atoms with Gasteiger partial charge < -0.3 is 14.6 Å². The van der Waals surface area contributed by atoms with Crippen LogP contribution >= 0.6 is 0 Å². The molecule has 2 fully saturated rings. The topological polar surface area (TPSA) is 80.7 Å². The number of aliphatic hydroxyl groups is 1. The summed E-state index contributed by atoms with van der Waals surface area (Å²) in [6.45, 7) is 7.37. The molecule has 0 aromatic heterocycles. The van der Waals surface area contributed by atoms with Crippen LogP contribution in [0.25, 0.3) is 0 Å². The number of hydrogen-bond acceptors (Lipinski definition) is 5. The van der Waals surface area contributed by atoms with Gasteiger partial charge in [0.15, 0.2) is 12.4 Å². The van der Waals surface area contributed by atoms with Crippen molar-refractivity contribution in [2.24, 2.45) is 28.1 Å². The fourth-order valence-electron chi connectivity index (χ4n) is 6.62. The van der Waals surface area contributed by atoms with Gasteiger partial charge in [-0.3, -0.25) is 9.59 Å². The van der Waals surface area contributed by atoms with Crippen molar-refractivity contribution in [3.63, 3.8) is 0 Å². The quantitative estimate of drug-likeness (QED) is 0.490. The van der Waals surface area contributed by atoms with E-state index in [2.05, 4.69) is 27.2 Å². The van der Waals surface area contributed by atoms with Crippen molar-refractivity contribution in [1.29, 1.82) is 0 Å². The number of fused-ring (bicyclic) bond motifs is 5. The first kappa shape index (κ1) is 23.6. The second-order valence-electron chi connectivity index (χ2n) is 9.67. The summed E-state index contributed by atoms with van der Waals surface area (Å²) in [7, 11) is 0. The van der Waals surface area contributed by atoms with Gasteiger partial charge >= 0.3 is 5.97 Å². The molecule has 4 aliphatic carbocycles. The molecule has 0 spiro atoms. The minimum atomic E-state index is -0.628. The molecule has 4 aliphatic rings. The molecule has 1 N–H and O–H groups in total. The van der Waals surface area contributed by atoms with Crippen molar-refractivity contribution in [2.75, 3.05) is 6.61 Å². The van der Waals surface area contributed by atoms with Gasteiger partial charge in [0.2, 0.25) is 0 Å². The minimum absolute atomic E-state index is 0. The molecular formula is C24H29O5Y-. The molecule has 2 saturated carbocycles. The number of ether oxygens (including phenoxy) is 1. The van der Waals surface area contributed by atoms with Gasteiger partial charge in [0.05, 0.1) is 11.9 Å². The van der Waals surface area contributed by atoms with Crippen LogP contribution < -0.4 is 0 Å². The van der Waals surface area contributed by atoms with Crippen molar-refractivity contribution < 1.29 is 56.9 Å². The number of esters is 1. The van der Waals surface area contributed by atoms with Gasteiger partial charge in [0, 0.05) is 56.0 Å². The maximum absolute atomic E-state index is 12.8. The minimum Gasteiger partial charge on any atom is -0.457 e. The van der Waals surface area contributed by atoms with Crippen LogP contribution in [0.5, 0.6) is 0 Å². The second-order valence-corrected chi connectivity index (χ2v) is 9.67. The predicted octanol–water partition coefficient (Wildman–Crippen LogP) is 3.14. The third-order valence-electron chi connectivity index (χ3n) is 8.47. The van der Waals surface area contributed by atoms with Gasteiger partial charge in [-0.15, -0.1) is 0 Å². The van der Waals surface area contributed by atoms with E-state index in [1.807, 2.05) is 12.2 Å². The zero-order valence-electron chi connectivity index (χ0n) is 18.1. The zero-order chi connectivity index (χ0) is 21.2. The SMILES string of the molecule is CC(=O)OCC(=O)C1=CC[C@H]2[C@@H]3C[CH-]C4=CC(=O)C=C[C@]4(C)[C@@]3(C)[C@@H](O)C[C@]12C.[Y]. The monoisotopic (exact) mass is 486 g/mol. The fourth-order valence-corrected chi connectivity index (χ4v) is 6.62. The molecule has 0 aliphatic heterocycles. The molecular weight excluding hydrogens is 457 g/mol. The molecule has 0 aromatic carbocycles. The maximum atomic E-state index is 12.8. The summed E-state index contributed by atoms with van der Waals surface area (Å²) in [5.74, 6) is -0.260. The second kappa shape index (κ2) is 7.83. The van der Waals surface area contributed by atoms with Crippen LogP contribution in [-0.2, 0) is 51.8 Å². The fraction of sp³-hybridized carbons (Fsp3) is 0.583. The molecule has 6 atom stereocenters. The van der Waals surface area contributed by atoms with E-state index in [1.165, 1.54) is 6.92 Å². The van der Waals surface area contributed by atoms with E-state index >= 15 is 0 Å². The molecule has 0 bridgehead atoms. The van der Waals surface area contributed by atoms with E-state index in [9.17, 15) is 19.5 Å². The zero-order valence-corrected chi connectivity index (χ0v) is 20.9. The number of Topliss-reactive ketones (excluding diaryl/α,β-unsaturated/α-hetero) is 1. The van der Waals surface area contributed by atoms with E-state index in [-0.39, 0.29) is 62.7 Å². The molecule has 1 radical (unpaired) electrons. The van der Waals surface area contributed by atoms with Crippen LogP contribution in [0.3, 0.4) is 0 Å². The Morgan fingerprint density at radius 3 is 2.63 bits per heavy atom. The number of ketones is 2. The van der Waals surface area contributed by atoms with E-state index in [0.717, 1.165) is 18.4 Å². The van der Waals surface area contributed by atoms with Crippen LogP contribution in [0.1, 0.15) is 47.0 Å². The Kier molecular flexibility index (Phi) is 6.16. The van der Waals surface area contributed by atoms with Crippen molar-refractivity contribution in [1.82, 2.24) is 0 Å². The largest absolute Gasteiger partial charge is 0.457 e. The number of carbonyl (C=O) groups excluding carboxylic acids is 3. The Balaban J connectivity index is 0.00000256. The van der Waals surface area contributed by atoms with Gasteiger partial charge in [-0.05, 0) is 36.2 Å². The van der Waals surface area contributed by atoms with Crippen molar-refractivity contribution in [3.8, 4) is 0 Å². The van der Waals surface area contributed by atoms with E-state index < -0.39 is 28.3 Å². The summed E-state index contributed by atoms with van der Waals surface area (Å²) in [5, 5.41) is 11.5. The Hall–Kier alpha value is -1.04.